The molecule has 1 heterocycles. The van der Waals surface area contributed by atoms with Crippen LogP contribution in [0.15, 0.2) is 29.3 Å². The highest BCUT2D eigenvalue weighted by Crippen LogP contribution is 2.14. The van der Waals surface area contributed by atoms with E-state index in [9.17, 15) is 4.39 Å². The van der Waals surface area contributed by atoms with Crippen LogP contribution < -0.4 is 10.1 Å². The molecule has 1 atom stereocenters. The number of nitrogens with one attached hydrogen (secondary N) is 1. The molecule has 1 N–H and O–H groups in total. The van der Waals surface area contributed by atoms with Crippen molar-refractivity contribution in [1.82, 2.24) is 10.2 Å². The van der Waals surface area contributed by atoms with Crippen molar-refractivity contribution >= 4 is 5.96 Å². The van der Waals surface area contributed by atoms with Crippen molar-refractivity contribution < 1.29 is 9.13 Å². The number of hydrogen-bond acceptors (Lipinski definition) is 2. The Morgan fingerprint density at radius 1 is 1.43 bits per heavy atom. The van der Waals surface area contributed by atoms with Gasteiger partial charge in [-0.2, -0.15) is 0 Å². The first-order valence-corrected chi connectivity index (χ1v) is 7.64. The van der Waals surface area contributed by atoms with Gasteiger partial charge in [-0.3, -0.25) is 0 Å². The van der Waals surface area contributed by atoms with Crippen LogP contribution in [-0.2, 0) is 0 Å². The van der Waals surface area contributed by atoms with E-state index in [0.29, 0.717) is 12.3 Å². The zero-order valence-electron chi connectivity index (χ0n) is 12.8. The van der Waals surface area contributed by atoms with E-state index in [1.54, 1.807) is 12.1 Å². The summed E-state index contributed by atoms with van der Waals surface area (Å²) in [5, 5.41) is 3.31. The summed E-state index contributed by atoms with van der Waals surface area (Å²) in [4.78, 5) is 6.90. The maximum absolute atomic E-state index is 13.1. The fourth-order valence-electron chi connectivity index (χ4n) is 2.38. The Bertz CT molecular complexity index is 472. The molecule has 0 aromatic heterocycles. The van der Waals surface area contributed by atoms with Crippen molar-refractivity contribution in [3.8, 4) is 5.75 Å². The quantitative estimate of drug-likeness (QED) is 0.670. The summed E-state index contributed by atoms with van der Waals surface area (Å²) in [6, 6.07) is 6.21. The molecule has 21 heavy (non-hydrogen) atoms. The molecule has 1 unspecified atom stereocenters. The van der Waals surface area contributed by atoms with Gasteiger partial charge >= 0.3 is 0 Å². The third-order valence-electron chi connectivity index (χ3n) is 3.37. The molecular weight excluding hydrogens is 269 g/mol. The lowest BCUT2D eigenvalue weighted by Gasteiger charge is -2.21. The molecule has 1 aromatic rings. The summed E-state index contributed by atoms with van der Waals surface area (Å²) in [6.07, 6.45) is 2.35. The predicted octanol–water partition coefficient (Wildman–Crippen LogP) is 2.65. The Morgan fingerprint density at radius 3 is 2.86 bits per heavy atom. The second-order valence-corrected chi connectivity index (χ2v) is 5.27. The van der Waals surface area contributed by atoms with Crippen LogP contribution in [0.5, 0.6) is 5.75 Å². The highest BCUT2D eigenvalue weighted by atomic mass is 19.1. The van der Waals surface area contributed by atoms with Crippen molar-refractivity contribution in [3.05, 3.63) is 30.1 Å². The van der Waals surface area contributed by atoms with Crippen LogP contribution in [0.3, 0.4) is 0 Å². The highest BCUT2D eigenvalue weighted by molar-refractivity contribution is 5.80. The SMILES string of the molecule is CCNC(=NCC(C)Oc1cccc(F)c1)N1CCCC1. The van der Waals surface area contributed by atoms with Gasteiger partial charge in [-0.1, -0.05) is 6.07 Å². The summed E-state index contributed by atoms with van der Waals surface area (Å²) >= 11 is 0. The Kier molecular flexibility index (Phi) is 5.84. The molecule has 116 valence electrons. The van der Waals surface area contributed by atoms with E-state index in [-0.39, 0.29) is 11.9 Å². The predicted molar refractivity (Wildman–Crippen MR) is 83.3 cm³/mol. The van der Waals surface area contributed by atoms with E-state index in [2.05, 4.69) is 22.1 Å². The van der Waals surface area contributed by atoms with E-state index in [4.69, 9.17) is 4.74 Å². The van der Waals surface area contributed by atoms with E-state index in [1.165, 1.54) is 25.0 Å². The lowest BCUT2D eigenvalue weighted by atomic mass is 10.3. The lowest BCUT2D eigenvalue weighted by molar-refractivity contribution is 0.228. The smallest absolute Gasteiger partial charge is 0.194 e. The van der Waals surface area contributed by atoms with Crippen LogP contribution in [-0.4, -0.2) is 43.1 Å². The third kappa shape index (κ3) is 4.92. The molecule has 0 bridgehead atoms. The van der Waals surface area contributed by atoms with E-state index in [1.807, 2.05) is 6.92 Å². The van der Waals surface area contributed by atoms with Gasteiger partial charge in [0.15, 0.2) is 5.96 Å². The Balaban J connectivity index is 1.90. The van der Waals surface area contributed by atoms with Gasteiger partial charge < -0.3 is 15.0 Å². The molecule has 1 aromatic carbocycles. The number of likely N-dealkylation sites (tertiary alicyclic amines) is 1. The molecule has 0 amide bonds. The van der Waals surface area contributed by atoms with Gasteiger partial charge in [-0.25, -0.2) is 9.38 Å². The van der Waals surface area contributed by atoms with Crippen molar-refractivity contribution in [3.63, 3.8) is 0 Å². The van der Waals surface area contributed by atoms with Gasteiger partial charge in [0.1, 0.15) is 17.7 Å². The average molecular weight is 293 g/mol. The number of guanidine groups is 1. The summed E-state index contributed by atoms with van der Waals surface area (Å²) in [7, 11) is 0. The monoisotopic (exact) mass is 293 g/mol. The molecule has 0 spiro atoms. The number of ether oxygens (including phenoxy) is 1. The largest absolute Gasteiger partial charge is 0.489 e. The van der Waals surface area contributed by atoms with Gasteiger partial charge in [-0.05, 0) is 38.8 Å². The van der Waals surface area contributed by atoms with E-state index in [0.717, 1.165) is 25.6 Å². The number of halogens is 1. The first kappa shape index (κ1) is 15.6. The number of aliphatic imine (C=N–C) groups is 1. The van der Waals surface area contributed by atoms with Gasteiger partial charge in [0.05, 0.1) is 6.54 Å². The second kappa shape index (κ2) is 7.86. The van der Waals surface area contributed by atoms with Crippen molar-refractivity contribution in [2.45, 2.75) is 32.8 Å². The van der Waals surface area contributed by atoms with Crippen LogP contribution in [0.1, 0.15) is 26.7 Å². The standard InChI is InChI=1S/C16H24FN3O/c1-3-18-16(20-9-4-5-10-20)19-12-13(2)21-15-8-6-7-14(17)11-15/h6-8,11,13H,3-5,9-10,12H2,1-2H3,(H,18,19). The molecule has 0 saturated carbocycles. The molecule has 1 aliphatic rings. The van der Waals surface area contributed by atoms with Gasteiger partial charge in [0, 0.05) is 25.7 Å². The molecule has 1 aliphatic heterocycles. The minimum absolute atomic E-state index is 0.0944. The first-order chi connectivity index (χ1) is 10.2. The summed E-state index contributed by atoms with van der Waals surface area (Å²) in [5.41, 5.74) is 0. The highest BCUT2D eigenvalue weighted by Gasteiger charge is 2.16. The third-order valence-corrected chi connectivity index (χ3v) is 3.37. The Labute approximate surface area is 126 Å². The van der Waals surface area contributed by atoms with E-state index < -0.39 is 0 Å². The molecule has 4 nitrogen and oxygen atoms in total. The van der Waals surface area contributed by atoms with Crippen LogP contribution in [0.2, 0.25) is 0 Å². The van der Waals surface area contributed by atoms with Gasteiger partial charge in [0.2, 0.25) is 0 Å². The number of benzene rings is 1. The fourth-order valence-corrected chi connectivity index (χ4v) is 2.38. The lowest BCUT2D eigenvalue weighted by Crippen LogP contribution is -2.40. The normalized spacial score (nSPS) is 16.9. The van der Waals surface area contributed by atoms with Crippen molar-refractivity contribution in [2.75, 3.05) is 26.2 Å². The van der Waals surface area contributed by atoms with E-state index >= 15 is 0 Å². The van der Waals surface area contributed by atoms with Crippen LogP contribution in [0.4, 0.5) is 4.39 Å². The summed E-state index contributed by atoms with van der Waals surface area (Å²) in [5.74, 6) is 1.21. The molecule has 2 rings (SSSR count). The minimum Gasteiger partial charge on any atom is -0.489 e. The molecule has 5 heteroatoms. The molecule has 0 aliphatic carbocycles. The van der Waals surface area contributed by atoms with Crippen LogP contribution >= 0.6 is 0 Å². The van der Waals surface area contributed by atoms with Crippen LogP contribution in [0, 0.1) is 5.82 Å². The number of hydrogen-bond donors (Lipinski definition) is 1. The van der Waals surface area contributed by atoms with Crippen molar-refractivity contribution in [2.24, 2.45) is 4.99 Å². The maximum atomic E-state index is 13.1. The zero-order valence-corrected chi connectivity index (χ0v) is 12.8. The Morgan fingerprint density at radius 2 is 2.19 bits per heavy atom. The minimum atomic E-state index is -0.284. The maximum Gasteiger partial charge on any atom is 0.194 e. The summed E-state index contributed by atoms with van der Waals surface area (Å²) in [6.45, 7) is 7.54. The van der Waals surface area contributed by atoms with Gasteiger partial charge in [0.25, 0.3) is 0 Å². The van der Waals surface area contributed by atoms with Crippen LogP contribution in [0.25, 0.3) is 0 Å². The fraction of sp³-hybridized carbons (Fsp3) is 0.562. The van der Waals surface area contributed by atoms with Crippen molar-refractivity contribution in [1.29, 1.82) is 0 Å². The molecule has 1 saturated heterocycles. The second-order valence-electron chi connectivity index (χ2n) is 5.27. The molecular formula is C16H24FN3O. The number of nitrogens with zero attached hydrogens (tertiary/aromatic N) is 2. The Hall–Kier alpha value is -1.78. The summed E-state index contributed by atoms with van der Waals surface area (Å²) < 4.78 is 18.8. The molecule has 0 radical (unpaired) electrons. The average Bonchev–Trinajstić information content (AvgIpc) is 2.97. The number of rotatable bonds is 5. The first-order valence-electron chi connectivity index (χ1n) is 7.64. The topological polar surface area (TPSA) is 36.9 Å². The van der Waals surface area contributed by atoms with Gasteiger partial charge in [-0.15, -0.1) is 0 Å². The zero-order chi connectivity index (χ0) is 15.1. The molecule has 1 fully saturated rings.